The summed E-state index contributed by atoms with van der Waals surface area (Å²) in [6, 6.07) is 7.57. The number of carbonyl (C=O) groups is 1. The number of rotatable bonds is 8. The van der Waals surface area contributed by atoms with Crippen LogP contribution in [0.3, 0.4) is 0 Å². The Kier molecular flexibility index (Phi) is 6.68. The molecular formula is C26H32N6O2. The maximum absolute atomic E-state index is 13.1. The van der Waals surface area contributed by atoms with Gasteiger partial charge in [0.15, 0.2) is 5.65 Å². The van der Waals surface area contributed by atoms with Crippen molar-refractivity contribution in [3.05, 3.63) is 71.1 Å². The first-order valence-corrected chi connectivity index (χ1v) is 11.5. The molecule has 0 aliphatic rings. The standard InChI is InChI=1S/C26H32N6O2/c1-16(2)32-25-22(15-28-32)17(3)21(18(4)29-25)11-12-23(33)30-24(26-27-13-14-31(26)5)19-7-9-20(34-6)10-8-19/h7-10,13-16,24H,11-12H2,1-6H3,(H,30,33). The van der Waals surface area contributed by atoms with E-state index in [0.29, 0.717) is 12.8 Å². The molecule has 178 valence electrons. The van der Waals surface area contributed by atoms with Crippen LogP contribution in [0.25, 0.3) is 11.0 Å². The number of fused-ring (bicyclic) bond motifs is 1. The van der Waals surface area contributed by atoms with Crippen molar-refractivity contribution in [3.8, 4) is 5.75 Å². The Balaban J connectivity index is 1.54. The Morgan fingerprint density at radius 2 is 1.91 bits per heavy atom. The average Bonchev–Trinajstić information content (AvgIpc) is 3.43. The van der Waals surface area contributed by atoms with Gasteiger partial charge >= 0.3 is 0 Å². The number of methoxy groups -OCH3 is 1. The minimum absolute atomic E-state index is 0.0411. The summed E-state index contributed by atoms with van der Waals surface area (Å²) in [7, 11) is 3.56. The minimum Gasteiger partial charge on any atom is -0.497 e. The second-order valence-corrected chi connectivity index (χ2v) is 8.89. The molecule has 3 heterocycles. The summed E-state index contributed by atoms with van der Waals surface area (Å²) in [6.07, 6.45) is 6.45. The molecule has 8 heteroatoms. The predicted octanol–water partition coefficient (Wildman–Crippen LogP) is 4.21. The number of hydrogen-bond donors (Lipinski definition) is 1. The van der Waals surface area contributed by atoms with Crippen LogP contribution in [-0.2, 0) is 18.3 Å². The van der Waals surface area contributed by atoms with Gasteiger partial charge in [-0.05, 0) is 62.9 Å². The van der Waals surface area contributed by atoms with Gasteiger partial charge in [-0.25, -0.2) is 14.6 Å². The van der Waals surface area contributed by atoms with E-state index in [9.17, 15) is 4.79 Å². The summed E-state index contributed by atoms with van der Waals surface area (Å²) in [5, 5.41) is 8.73. The van der Waals surface area contributed by atoms with E-state index in [0.717, 1.165) is 45.0 Å². The summed E-state index contributed by atoms with van der Waals surface area (Å²) in [4.78, 5) is 22.4. The lowest BCUT2D eigenvalue weighted by Crippen LogP contribution is -2.31. The number of nitrogens with zero attached hydrogens (tertiary/aromatic N) is 5. The lowest BCUT2D eigenvalue weighted by molar-refractivity contribution is -0.121. The second kappa shape index (κ2) is 9.67. The minimum atomic E-state index is -0.356. The van der Waals surface area contributed by atoms with Gasteiger partial charge in [-0.3, -0.25) is 4.79 Å². The Labute approximate surface area is 200 Å². The molecule has 4 rings (SSSR count). The number of aryl methyl sites for hydroxylation is 3. The van der Waals surface area contributed by atoms with Crippen LogP contribution in [0, 0.1) is 13.8 Å². The maximum atomic E-state index is 13.1. The van der Waals surface area contributed by atoms with Gasteiger partial charge in [-0.2, -0.15) is 5.10 Å². The van der Waals surface area contributed by atoms with E-state index in [2.05, 4.69) is 36.2 Å². The molecule has 0 spiro atoms. The summed E-state index contributed by atoms with van der Waals surface area (Å²) in [6.45, 7) is 8.28. The van der Waals surface area contributed by atoms with E-state index in [4.69, 9.17) is 9.72 Å². The SMILES string of the molecule is COc1ccc(C(NC(=O)CCc2c(C)nc3c(cnn3C(C)C)c2C)c2nccn2C)cc1. The van der Waals surface area contributed by atoms with Crippen LogP contribution >= 0.6 is 0 Å². The molecule has 0 aliphatic heterocycles. The van der Waals surface area contributed by atoms with Crippen LogP contribution < -0.4 is 10.1 Å². The van der Waals surface area contributed by atoms with Gasteiger partial charge in [0.05, 0.1) is 13.3 Å². The van der Waals surface area contributed by atoms with Crippen molar-refractivity contribution in [1.29, 1.82) is 0 Å². The first-order valence-electron chi connectivity index (χ1n) is 11.5. The van der Waals surface area contributed by atoms with Crippen LogP contribution in [0.15, 0.2) is 42.9 Å². The third kappa shape index (κ3) is 4.53. The monoisotopic (exact) mass is 460 g/mol. The van der Waals surface area contributed by atoms with E-state index in [1.54, 1.807) is 13.3 Å². The second-order valence-electron chi connectivity index (χ2n) is 8.89. The maximum Gasteiger partial charge on any atom is 0.221 e. The lowest BCUT2D eigenvalue weighted by atomic mass is 10.00. The number of nitrogens with one attached hydrogen (secondary N) is 1. The van der Waals surface area contributed by atoms with Gasteiger partial charge in [-0.15, -0.1) is 0 Å². The smallest absolute Gasteiger partial charge is 0.221 e. The molecule has 0 fully saturated rings. The van der Waals surface area contributed by atoms with Gasteiger partial charge in [0.1, 0.15) is 17.6 Å². The van der Waals surface area contributed by atoms with Crippen molar-refractivity contribution < 1.29 is 9.53 Å². The highest BCUT2D eigenvalue weighted by Crippen LogP contribution is 2.26. The zero-order valence-electron chi connectivity index (χ0n) is 20.7. The van der Waals surface area contributed by atoms with Crippen LogP contribution in [-0.4, -0.2) is 37.3 Å². The highest BCUT2D eigenvalue weighted by atomic mass is 16.5. The molecule has 0 radical (unpaired) electrons. The summed E-state index contributed by atoms with van der Waals surface area (Å²) >= 11 is 0. The molecular weight excluding hydrogens is 428 g/mol. The average molecular weight is 461 g/mol. The van der Waals surface area contributed by atoms with E-state index >= 15 is 0 Å². The van der Waals surface area contributed by atoms with Gasteiger partial charge in [0, 0.05) is 43.0 Å². The number of imidazole rings is 1. The Bertz CT molecular complexity index is 1300. The van der Waals surface area contributed by atoms with E-state index < -0.39 is 0 Å². The molecule has 4 aromatic rings. The van der Waals surface area contributed by atoms with Crippen molar-refractivity contribution in [2.45, 2.75) is 52.6 Å². The van der Waals surface area contributed by atoms with Gasteiger partial charge in [0.2, 0.25) is 5.91 Å². The molecule has 1 amide bonds. The Morgan fingerprint density at radius 3 is 2.53 bits per heavy atom. The molecule has 34 heavy (non-hydrogen) atoms. The highest BCUT2D eigenvalue weighted by molar-refractivity contribution is 5.81. The number of carbonyl (C=O) groups excluding carboxylic acids is 1. The fourth-order valence-electron chi connectivity index (χ4n) is 4.36. The fourth-order valence-corrected chi connectivity index (χ4v) is 4.36. The number of hydrogen-bond acceptors (Lipinski definition) is 5. The van der Waals surface area contributed by atoms with Crippen molar-refractivity contribution in [2.24, 2.45) is 7.05 Å². The Morgan fingerprint density at radius 1 is 1.18 bits per heavy atom. The van der Waals surface area contributed by atoms with Crippen molar-refractivity contribution in [1.82, 2.24) is 29.6 Å². The quantitative estimate of drug-likeness (QED) is 0.426. The van der Waals surface area contributed by atoms with Crippen LogP contribution in [0.1, 0.15) is 60.6 Å². The van der Waals surface area contributed by atoms with Gasteiger partial charge < -0.3 is 14.6 Å². The molecule has 1 N–H and O–H groups in total. The number of aromatic nitrogens is 5. The summed E-state index contributed by atoms with van der Waals surface area (Å²) in [5.74, 6) is 1.50. The normalized spacial score (nSPS) is 12.3. The van der Waals surface area contributed by atoms with Crippen LogP contribution in [0.4, 0.5) is 0 Å². The summed E-state index contributed by atoms with van der Waals surface area (Å²) < 4.78 is 9.15. The third-order valence-corrected chi connectivity index (χ3v) is 6.30. The number of ether oxygens (including phenoxy) is 1. The number of pyridine rings is 1. The third-order valence-electron chi connectivity index (χ3n) is 6.30. The van der Waals surface area contributed by atoms with Crippen molar-refractivity contribution in [2.75, 3.05) is 7.11 Å². The van der Waals surface area contributed by atoms with Gasteiger partial charge in [-0.1, -0.05) is 12.1 Å². The van der Waals surface area contributed by atoms with E-state index in [1.165, 1.54) is 0 Å². The van der Waals surface area contributed by atoms with Crippen molar-refractivity contribution in [3.63, 3.8) is 0 Å². The van der Waals surface area contributed by atoms with E-state index in [-0.39, 0.29) is 18.0 Å². The van der Waals surface area contributed by atoms with Crippen LogP contribution in [0.2, 0.25) is 0 Å². The van der Waals surface area contributed by atoms with Gasteiger partial charge in [0.25, 0.3) is 0 Å². The topological polar surface area (TPSA) is 86.9 Å². The molecule has 1 atom stereocenters. The molecule has 8 nitrogen and oxygen atoms in total. The number of benzene rings is 1. The molecule has 0 saturated carbocycles. The first kappa shape index (κ1) is 23.5. The predicted molar refractivity (Wildman–Crippen MR) is 132 cm³/mol. The Hall–Kier alpha value is -3.68. The largest absolute Gasteiger partial charge is 0.497 e. The first-order chi connectivity index (χ1) is 16.3. The fraction of sp³-hybridized carbons (Fsp3) is 0.385. The molecule has 1 aromatic carbocycles. The zero-order chi connectivity index (χ0) is 24.4. The molecule has 0 aliphatic carbocycles. The highest BCUT2D eigenvalue weighted by Gasteiger charge is 2.22. The molecule has 0 bridgehead atoms. The molecule has 1 unspecified atom stereocenters. The number of amides is 1. The molecule has 3 aromatic heterocycles. The van der Waals surface area contributed by atoms with Crippen LogP contribution in [0.5, 0.6) is 5.75 Å². The van der Waals surface area contributed by atoms with E-state index in [1.807, 2.05) is 59.9 Å². The lowest BCUT2D eigenvalue weighted by Gasteiger charge is -2.20. The zero-order valence-corrected chi connectivity index (χ0v) is 20.7. The molecule has 0 saturated heterocycles. The van der Waals surface area contributed by atoms with Crippen molar-refractivity contribution >= 4 is 16.9 Å². The summed E-state index contributed by atoms with van der Waals surface area (Å²) in [5.41, 5.74) is 5.02.